The number of aliphatic imine (C=N–C) groups is 2. The van der Waals surface area contributed by atoms with E-state index in [1.54, 1.807) is 0 Å². The van der Waals surface area contributed by atoms with Gasteiger partial charge in [0.25, 0.3) is 0 Å². The summed E-state index contributed by atoms with van der Waals surface area (Å²) >= 11 is 0. The predicted octanol–water partition coefficient (Wildman–Crippen LogP) is 7.60. The first-order valence-corrected chi connectivity index (χ1v) is 11.9. The highest BCUT2D eigenvalue weighted by atomic mass is 15.1. The number of rotatable bonds is 8. The van der Waals surface area contributed by atoms with E-state index in [1.807, 2.05) is 20.1 Å². The normalized spacial score (nSPS) is 19.5. The molecule has 2 atom stereocenters. The third-order valence-corrected chi connectivity index (χ3v) is 6.37. The maximum absolute atomic E-state index is 5.19. The standard InChI is InChI=1S/C28H38N4/c1-8-22(30-18-19(3)4)17-27-31-25(9-2)28(24-16-21(6)13-14-26(24)29-7)32(27)23-12-10-11-20(5)15-23/h8,13-14,16,18,20,23H,3,7,9-12,15,17H2,1-2,4-6H3/b22-8-,30-18?/t20-,23+/m0/s1. The summed E-state index contributed by atoms with van der Waals surface area (Å²) in [6, 6.07) is 6.86. The molecule has 0 amide bonds. The van der Waals surface area contributed by atoms with Gasteiger partial charge in [-0.25, -0.2) is 4.98 Å². The molecule has 0 unspecified atom stereocenters. The highest BCUT2D eigenvalue weighted by Crippen LogP contribution is 2.41. The summed E-state index contributed by atoms with van der Waals surface area (Å²) < 4.78 is 2.53. The molecule has 170 valence electrons. The maximum Gasteiger partial charge on any atom is 0.115 e. The van der Waals surface area contributed by atoms with Crippen molar-refractivity contribution in [2.75, 3.05) is 0 Å². The molecule has 4 heteroatoms. The highest BCUT2D eigenvalue weighted by molar-refractivity contribution is 5.78. The maximum atomic E-state index is 5.19. The molecule has 0 bridgehead atoms. The van der Waals surface area contributed by atoms with Gasteiger partial charge in [-0.15, -0.1) is 0 Å². The first kappa shape index (κ1) is 23.9. The van der Waals surface area contributed by atoms with Crippen LogP contribution in [0.25, 0.3) is 11.3 Å². The Morgan fingerprint density at radius 2 is 2.09 bits per heavy atom. The molecule has 32 heavy (non-hydrogen) atoms. The van der Waals surface area contributed by atoms with Crippen LogP contribution < -0.4 is 0 Å². The van der Waals surface area contributed by atoms with E-state index in [-0.39, 0.29) is 0 Å². The van der Waals surface area contributed by atoms with E-state index in [4.69, 9.17) is 4.98 Å². The zero-order valence-corrected chi connectivity index (χ0v) is 20.5. The van der Waals surface area contributed by atoms with E-state index in [0.717, 1.165) is 46.4 Å². The summed E-state index contributed by atoms with van der Waals surface area (Å²) in [5, 5.41) is 0. The Bertz CT molecular complexity index is 1040. The number of nitrogens with zero attached hydrogens (tertiary/aromatic N) is 4. The average molecular weight is 431 g/mol. The SMILES string of the molecule is C=Nc1ccc(C)cc1-c1c(CC)nc(C/C(=C/C)N=CC(=C)C)n1[C@@H]1CCC[C@H](C)C1. The summed E-state index contributed by atoms with van der Waals surface area (Å²) in [6.07, 6.45) is 10.4. The minimum absolute atomic E-state index is 0.443. The molecule has 1 aromatic carbocycles. The Balaban J connectivity index is 2.21. The lowest BCUT2D eigenvalue weighted by molar-refractivity contribution is 0.280. The van der Waals surface area contributed by atoms with E-state index in [1.165, 1.54) is 36.9 Å². The second-order valence-electron chi connectivity index (χ2n) is 9.21. The van der Waals surface area contributed by atoms with E-state index >= 15 is 0 Å². The molecule has 1 saturated carbocycles. The van der Waals surface area contributed by atoms with Crippen LogP contribution in [0.1, 0.15) is 76.5 Å². The van der Waals surface area contributed by atoms with Crippen LogP contribution in [0.5, 0.6) is 0 Å². The highest BCUT2D eigenvalue weighted by Gasteiger charge is 2.28. The van der Waals surface area contributed by atoms with Crippen molar-refractivity contribution in [3.63, 3.8) is 0 Å². The Hall–Kier alpha value is -2.75. The van der Waals surface area contributed by atoms with Gasteiger partial charge >= 0.3 is 0 Å². The molecule has 1 fully saturated rings. The number of aromatic nitrogens is 2. The van der Waals surface area contributed by atoms with Crippen molar-refractivity contribution in [2.24, 2.45) is 15.9 Å². The van der Waals surface area contributed by atoms with Crippen molar-refractivity contribution in [1.29, 1.82) is 0 Å². The number of benzene rings is 1. The molecule has 3 rings (SSSR count). The Morgan fingerprint density at radius 3 is 2.72 bits per heavy atom. The average Bonchev–Trinajstić information content (AvgIpc) is 3.14. The molecule has 0 radical (unpaired) electrons. The number of aryl methyl sites for hydroxylation is 2. The molecule has 0 saturated heterocycles. The van der Waals surface area contributed by atoms with E-state index < -0.39 is 0 Å². The predicted molar refractivity (Wildman–Crippen MR) is 138 cm³/mol. The van der Waals surface area contributed by atoms with Crippen LogP contribution in [0, 0.1) is 12.8 Å². The molecule has 1 aromatic heterocycles. The molecule has 1 aliphatic rings. The molecule has 0 N–H and O–H groups in total. The van der Waals surface area contributed by atoms with Crippen molar-refractivity contribution < 1.29 is 0 Å². The third-order valence-electron chi connectivity index (χ3n) is 6.37. The topological polar surface area (TPSA) is 42.5 Å². The van der Waals surface area contributed by atoms with Gasteiger partial charge in [0, 0.05) is 29.9 Å². The van der Waals surface area contributed by atoms with Gasteiger partial charge in [-0.05, 0) is 70.4 Å². The fraction of sp³-hybridized carbons (Fsp3) is 0.464. The van der Waals surface area contributed by atoms with Crippen LogP contribution in [0.15, 0.2) is 52.1 Å². The number of allylic oxidation sites excluding steroid dienone is 3. The molecule has 1 aliphatic carbocycles. The fourth-order valence-corrected chi connectivity index (χ4v) is 4.77. The van der Waals surface area contributed by atoms with Crippen LogP contribution >= 0.6 is 0 Å². The van der Waals surface area contributed by atoms with Crippen molar-refractivity contribution in [2.45, 2.75) is 79.2 Å². The summed E-state index contributed by atoms with van der Waals surface area (Å²) in [4.78, 5) is 14.2. The first-order valence-electron chi connectivity index (χ1n) is 11.9. The van der Waals surface area contributed by atoms with Crippen molar-refractivity contribution >= 4 is 18.6 Å². The molecule has 2 aromatic rings. The largest absolute Gasteiger partial charge is 0.324 e. The van der Waals surface area contributed by atoms with Gasteiger partial charge in [0.05, 0.1) is 17.1 Å². The monoisotopic (exact) mass is 430 g/mol. The van der Waals surface area contributed by atoms with Gasteiger partial charge in [0.15, 0.2) is 0 Å². The summed E-state index contributed by atoms with van der Waals surface area (Å²) in [5.74, 6) is 1.82. The van der Waals surface area contributed by atoms with Crippen molar-refractivity contribution in [3.8, 4) is 11.3 Å². The molecule has 1 heterocycles. The van der Waals surface area contributed by atoms with Gasteiger partial charge in [-0.1, -0.05) is 51.0 Å². The van der Waals surface area contributed by atoms with Gasteiger partial charge in [-0.2, -0.15) is 0 Å². The van der Waals surface area contributed by atoms with Gasteiger partial charge < -0.3 is 4.57 Å². The van der Waals surface area contributed by atoms with Gasteiger partial charge in [-0.3, -0.25) is 9.98 Å². The summed E-state index contributed by atoms with van der Waals surface area (Å²) in [7, 11) is 0. The van der Waals surface area contributed by atoms with E-state index in [9.17, 15) is 0 Å². The number of hydrogen-bond acceptors (Lipinski definition) is 3. The first-order chi connectivity index (χ1) is 15.4. The van der Waals surface area contributed by atoms with E-state index in [2.05, 4.69) is 72.9 Å². The minimum Gasteiger partial charge on any atom is -0.324 e. The molecule has 4 nitrogen and oxygen atoms in total. The van der Waals surface area contributed by atoms with Crippen molar-refractivity contribution in [3.05, 3.63) is 59.2 Å². The zero-order chi connectivity index (χ0) is 23.3. The lowest BCUT2D eigenvalue weighted by Gasteiger charge is -2.31. The fourth-order valence-electron chi connectivity index (χ4n) is 4.77. The van der Waals surface area contributed by atoms with Crippen LogP contribution in [0.3, 0.4) is 0 Å². The lowest BCUT2D eigenvalue weighted by atomic mass is 9.86. The Kier molecular flexibility index (Phi) is 8.00. The smallest absolute Gasteiger partial charge is 0.115 e. The second kappa shape index (κ2) is 10.7. The molecule has 0 spiro atoms. The summed E-state index contributed by atoms with van der Waals surface area (Å²) in [6.45, 7) is 18.5. The minimum atomic E-state index is 0.443. The Labute approximate surface area is 193 Å². The van der Waals surface area contributed by atoms with E-state index in [0.29, 0.717) is 12.5 Å². The third kappa shape index (κ3) is 5.35. The number of hydrogen-bond donors (Lipinski definition) is 0. The van der Waals surface area contributed by atoms with Gasteiger partial charge in [0.1, 0.15) is 5.82 Å². The molecular weight excluding hydrogens is 392 g/mol. The molecule has 0 aliphatic heterocycles. The van der Waals surface area contributed by atoms with Crippen molar-refractivity contribution in [1.82, 2.24) is 9.55 Å². The lowest BCUT2D eigenvalue weighted by Crippen LogP contribution is -2.20. The Morgan fingerprint density at radius 1 is 1.31 bits per heavy atom. The quantitative estimate of drug-likeness (QED) is 0.398. The van der Waals surface area contributed by atoms with Crippen LogP contribution in [0.2, 0.25) is 0 Å². The van der Waals surface area contributed by atoms with Crippen LogP contribution in [-0.2, 0) is 12.8 Å². The second-order valence-corrected chi connectivity index (χ2v) is 9.21. The van der Waals surface area contributed by atoms with Crippen LogP contribution in [-0.4, -0.2) is 22.5 Å². The molecular formula is C28H38N4. The van der Waals surface area contributed by atoms with Crippen LogP contribution in [0.4, 0.5) is 5.69 Å². The zero-order valence-electron chi connectivity index (χ0n) is 20.5. The number of imidazole rings is 1. The summed E-state index contributed by atoms with van der Waals surface area (Å²) in [5.41, 5.74) is 7.60. The van der Waals surface area contributed by atoms with Gasteiger partial charge in [0.2, 0.25) is 0 Å².